The summed E-state index contributed by atoms with van der Waals surface area (Å²) in [7, 11) is -1.95. The Morgan fingerprint density at radius 3 is 2.23 bits per heavy atom. The lowest BCUT2D eigenvalue weighted by molar-refractivity contribution is 0.0723. The first-order valence-corrected chi connectivity index (χ1v) is 12.4. The zero-order chi connectivity index (χ0) is 25.2. The first-order chi connectivity index (χ1) is 16.7. The number of carbonyl (C=O) groups excluding carboxylic acids is 2. The van der Waals surface area contributed by atoms with Crippen LogP contribution in [0.4, 0.5) is 0 Å². The maximum Gasteiger partial charge on any atom is 0.364 e. The molecule has 0 radical (unpaired) electrons. The fraction of sp³-hybridized carbons (Fsp3) is 0.115. The molecule has 1 heterocycles. The number of nitrogens with zero attached hydrogens (tertiary/aromatic N) is 2. The number of rotatable bonds is 7. The van der Waals surface area contributed by atoms with E-state index in [9.17, 15) is 18.0 Å². The van der Waals surface area contributed by atoms with Gasteiger partial charge in [0.05, 0.1) is 23.4 Å². The number of methoxy groups -OCH3 is 1. The number of aldehydes is 1. The maximum atomic E-state index is 13.0. The third kappa shape index (κ3) is 5.15. The zero-order valence-corrected chi connectivity index (χ0v) is 20.1. The first-order valence-electron chi connectivity index (χ1n) is 10.5. The van der Waals surface area contributed by atoms with Crippen molar-refractivity contribution < 1.29 is 27.5 Å². The summed E-state index contributed by atoms with van der Waals surface area (Å²) in [6.07, 6.45) is 1.80. The third-order valence-electron chi connectivity index (χ3n) is 5.30. The number of esters is 1. The molecular formula is C26H22N2O6S. The quantitative estimate of drug-likeness (QED) is 0.216. The highest BCUT2D eigenvalue weighted by atomic mass is 32.2. The molecule has 0 bridgehead atoms. The van der Waals surface area contributed by atoms with E-state index in [0.29, 0.717) is 23.2 Å². The number of hydrogen-bond donors (Lipinski definition) is 0. The summed E-state index contributed by atoms with van der Waals surface area (Å²) in [5.74, 6) is -0.341. The summed E-state index contributed by atoms with van der Waals surface area (Å²) in [5, 5.41) is 4.45. The van der Waals surface area contributed by atoms with Crippen molar-refractivity contribution in [2.24, 2.45) is 0 Å². The molecule has 0 atom stereocenters. The number of sulfone groups is 1. The van der Waals surface area contributed by atoms with Gasteiger partial charge < -0.3 is 9.47 Å². The fourth-order valence-electron chi connectivity index (χ4n) is 3.44. The first kappa shape index (κ1) is 23.9. The van der Waals surface area contributed by atoms with Crippen molar-refractivity contribution in [3.63, 3.8) is 0 Å². The van der Waals surface area contributed by atoms with Crippen LogP contribution in [0, 0.1) is 6.92 Å². The topological polar surface area (TPSA) is 105 Å². The van der Waals surface area contributed by atoms with Gasteiger partial charge in [-0.2, -0.15) is 5.10 Å². The van der Waals surface area contributed by atoms with Gasteiger partial charge in [-0.15, -0.1) is 0 Å². The van der Waals surface area contributed by atoms with Gasteiger partial charge in [0.25, 0.3) is 0 Å². The highest BCUT2D eigenvalue weighted by molar-refractivity contribution is 7.90. The molecule has 0 aliphatic heterocycles. The fourth-order valence-corrected chi connectivity index (χ4v) is 4.07. The Balaban J connectivity index is 1.75. The van der Waals surface area contributed by atoms with Gasteiger partial charge >= 0.3 is 5.97 Å². The standard InChI is InChI=1S/C26H22N2O6S/c1-17-4-7-19(8-5-17)23-15-22(26(30)34-24-13-6-18(16-29)14-25(24)33-2)27-28(23)20-9-11-21(12-10-20)35(3,31)32/h4-16H,1-3H3. The summed E-state index contributed by atoms with van der Waals surface area (Å²) in [5.41, 5.74) is 3.48. The second-order valence-electron chi connectivity index (χ2n) is 7.88. The number of benzene rings is 3. The Morgan fingerprint density at radius 1 is 0.943 bits per heavy atom. The molecule has 0 saturated carbocycles. The molecule has 4 rings (SSSR count). The van der Waals surface area contributed by atoms with Crippen LogP contribution in [0.1, 0.15) is 26.4 Å². The molecule has 9 heteroatoms. The smallest absolute Gasteiger partial charge is 0.364 e. The van der Waals surface area contributed by atoms with Gasteiger partial charge in [-0.3, -0.25) is 4.79 Å². The highest BCUT2D eigenvalue weighted by Gasteiger charge is 2.20. The summed E-state index contributed by atoms with van der Waals surface area (Å²) >= 11 is 0. The van der Waals surface area contributed by atoms with Gasteiger partial charge in [0, 0.05) is 17.4 Å². The average Bonchev–Trinajstić information content (AvgIpc) is 3.30. The van der Waals surface area contributed by atoms with Crippen LogP contribution >= 0.6 is 0 Å². The average molecular weight is 491 g/mol. The molecule has 0 fully saturated rings. The largest absolute Gasteiger partial charge is 0.493 e. The molecule has 0 amide bonds. The Labute approximate surface area is 202 Å². The van der Waals surface area contributed by atoms with Crippen LogP contribution < -0.4 is 9.47 Å². The minimum absolute atomic E-state index is 0.0364. The van der Waals surface area contributed by atoms with Gasteiger partial charge in [-0.1, -0.05) is 29.8 Å². The Kier molecular flexibility index (Phi) is 6.52. The van der Waals surface area contributed by atoms with Gasteiger partial charge in [0.15, 0.2) is 27.0 Å². The van der Waals surface area contributed by atoms with Crippen molar-refractivity contribution >= 4 is 22.1 Å². The minimum Gasteiger partial charge on any atom is -0.493 e. The van der Waals surface area contributed by atoms with E-state index < -0.39 is 15.8 Å². The van der Waals surface area contributed by atoms with Gasteiger partial charge in [0.1, 0.15) is 6.29 Å². The summed E-state index contributed by atoms with van der Waals surface area (Å²) < 4.78 is 36.0. The molecule has 0 unspecified atom stereocenters. The number of aromatic nitrogens is 2. The van der Waals surface area contributed by atoms with Gasteiger partial charge in [0.2, 0.25) is 0 Å². The van der Waals surface area contributed by atoms with Crippen LogP contribution in [0.25, 0.3) is 16.9 Å². The number of aryl methyl sites for hydroxylation is 1. The van der Waals surface area contributed by atoms with Crippen molar-refractivity contribution in [1.82, 2.24) is 9.78 Å². The van der Waals surface area contributed by atoms with E-state index in [1.807, 2.05) is 31.2 Å². The Hall–Kier alpha value is -4.24. The molecule has 0 saturated heterocycles. The molecular weight excluding hydrogens is 468 g/mol. The van der Waals surface area contributed by atoms with Crippen LogP contribution in [0.15, 0.2) is 77.7 Å². The zero-order valence-electron chi connectivity index (χ0n) is 19.3. The van der Waals surface area contributed by atoms with Crippen molar-refractivity contribution in [2.75, 3.05) is 13.4 Å². The van der Waals surface area contributed by atoms with E-state index >= 15 is 0 Å². The number of hydrogen-bond acceptors (Lipinski definition) is 7. The molecule has 4 aromatic rings. The molecule has 0 aliphatic rings. The monoisotopic (exact) mass is 490 g/mol. The molecule has 0 spiro atoms. The van der Waals surface area contributed by atoms with E-state index in [4.69, 9.17) is 9.47 Å². The number of carbonyl (C=O) groups is 2. The van der Waals surface area contributed by atoms with Crippen LogP contribution in [0.3, 0.4) is 0 Å². The molecule has 0 N–H and O–H groups in total. The second kappa shape index (κ2) is 9.55. The van der Waals surface area contributed by atoms with Crippen LogP contribution in [-0.4, -0.2) is 43.8 Å². The summed E-state index contributed by atoms with van der Waals surface area (Å²) in [4.78, 5) is 24.2. The highest BCUT2D eigenvalue weighted by Crippen LogP contribution is 2.30. The Bertz CT molecular complexity index is 1500. The molecule has 0 aliphatic carbocycles. The lowest BCUT2D eigenvalue weighted by Gasteiger charge is -2.09. The summed E-state index contributed by atoms with van der Waals surface area (Å²) in [6.45, 7) is 1.97. The lowest BCUT2D eigenvalue weighted by atomic mass is 10.1. The van der Waals surface area contributed by atoms with E-state index in [1.54, 1.807) is 22.9 Å². The second-order valence-corrected chi connectivity index (χ2v) is 9.89. The van der Waals surface area contributed by atoms with Crippen molar-refractivity contribution in [3.8, 4) is 28.4 Å². The van der Waals surface area contributed by atoms with E-state index in [1.165, 1.54) is 37.4 Å². The van der Waals surface area contributed by atoms with Gasteiger partial charge in [-0.05, 0) is 55.5 Å². The van der Waals surface area contributed by atoms with E-state index in [2.05, 4.69) is 5.10 Å². The van der Waals surface area contributed by atoms with Crippen LogP contribution in [0.5, 0.6) is 11.5 Å². The van der Waals surface area contributed by atoms with Crippen molar-refractivity contribution in [2.45, 2.75) is 11.8 Å². The lowest BCUT2D eigenvalue weighted by Crippen LogP contribution is -2.11. The van der Waals surface area contributed by atoms with Crippen molar-refractivity contribution in [3.05, 3.63) is 89.6 Å². The van der Waals surface area contributed by atoms with Crippen molar-refractivity contribution in [1.29, 1.82) is 0 Å². The van der Waals surface area contributed by atoms with Gasteiger partial charge in [-0.25, -0.2) is 17.9 Å². The van der Waals surface area contributed by atoms with E-state index in [-0.39, 0.29) is 22.1 Å². The normalized spacial score (nSPS) is 11.2. The summed E-state index contributed by atoms with van der Waals surface area (Å²) in [6, 6.07) is 20.0. The number of ether oxygens (including phenoxy) is 2. The predicted molar refractivity (Wildman–Crippen MR) is 130 cm³/mol. The molecule has 3 aromatic carbocycles. The maximum absolute atomic E-state index is 13.0. The Morgan fingerprint density at radius 2 is 1.63 bits per heavy atom. The SMILES string of the molecule is COc1cc(C=O)ccc1OC(=O)c1cc(-c2ccc(C)cc2)n(-c2ccc(S(C)(=O)=O)cc2)n1. The van der Waals surface area contributed by atoms with Crippen LogP contribution in [0.2, 0.25) is 0 Å². The molecule has 1 aromatic heterocycles. The predicted octanol–water partition coefficient (Wildman–Crippen LogP) is 4.29. The third-order valence-corrected chi connectivity index (χ3v) is 6.43. The van der Waals surface area contributed by atoms with Crippen LogP contribution in [-0.2, 0) is 9.84 Å². The molecule has 35 heavy (non-hydrogen) atoms. The minimum atomic E-state index is -3.36. The molecule has 178 valence electrons. The molecule has 8 nitrogen and oxygen atoms in total. The van der Waals surface area contributed by atoms with E-state index in [0.717, 1.165) is 17.4 Å².